The molecule has 1 aromatic heterocycles. The summed E-state index contributed by atoms with van der Waals surface area (Å²) in [5.41, 5.74) is -0.101. The van der Waals surface area contributed by atoms with Gasteiger partial charge in [-0.15, -0.1) is 0 Å². The molecule has 0 bridgehead atoms. The van der Waals surface area contributed by atoms with E-state index < -0.39 is 29.9 Å². The number of aromatic nitrogens is 1. The third-order valence-electron chi connectivity index (χ3n) is 3.77. The first-order valence-corrected chi connectivity index (χ1v) is 6.25. The van der Waals surface area contributed by atoms with Gasteiger partial charge >= 0.3 is 6.18 Å². The number of halogens is 4. The highest BCUT2D eigenvalue weighted by atomic mass is 19.4. The van der Waals surface area contributed by atoms with Crippen molar-refractivity contribution in [2.24, 2.45) is 11.8 Å². The number of nitrogens with zero attached hydrogens (tertiary/aromatic N) is 1. The van der Waals surface area contributed by atoms with Crippen LogP contribution in [0.4, 0.5) is 17.6 Å². The Bertz CT molecular complexity index is 435. The molecule has 0 saturated heterocycles. The van der Waals surface area contributed by atoms with Gasteiger partial charge in [-0.2, -0.15) is 13.2 Å². The zero-order valence-electron chi connectivity index (χ0n) is 10.2. The third kappa shape index (κ3) is 3.05. The van der Waals surface area contributed by atoms with Crippen LogP contribution in [0.25, 0.3) is 0 Å². The van der Waals surface area contributed by atoms with E-state index in [-0.39, 0.29) is 18.4 Å². The van der Waals surface area contributed by atoms with Crippen LogP contribution in [0.2, 0.25) is 0 Å². The van der Waals surface area contributed by atoms with E-state index in [1.807, 2.05) is 0 Å². The first-order valence-electron chi connectivity index (χ1n) is 6.25. The van der Waals surface area contributed by atoms with E-state index in [1.165, 1.54) is 12.3 Å². The Labute approximate surface area is 108 Å². The smallest absolute Gasteiger partial charge is 0.388 e. The summed E-state index contributed by atoms with van der Waals surface area (Å²) < 4.78 is 52.4. The number of hydrogen-bond donors (Lipinski definition) is 1. The molecular weight excluding hydrogens is 262 g/mol. The maximum atomic E-state index is 13.5. The average molecular weight is 277 g/mol. The van der Waals surface area contributed by atoms with Crippen molar-refractivity contribution < 1.29 is 22.7 Å². The van der Waals surface area contributed by atoms with Gasteiger partial charge in [0, 0.05) is 17.7 Å². The largest absolute Gasteiger partial charge is 0.392 e. The van der Waals surface area contributed by atoms with Crippen molar-refractivity contribution in [1.82, 2.24) is 4.98 Å². The molecule has 0 aliphatic heterocycles. The minimum atomic E-state index is -4.35. The minimum Gasteiger partial charge on any atom is -0.388 e. The maximum absolute atomic E-state index is 13.5. The zero-order valence-corrected chi connectivity index (χ0v) is 10.2. The standard InChI is InChI=1S/C13H15F4NO/c14-11-7-18-6-5-9(11)12(19)8-3-1-2-4-10(8)13(15,16)17/h5-8,10,12,19H,1-4H2. The van der Waals surface area contributed by atoms with E-state index in [0.29, 0.717) is 12.8 Å². The highest BCUT2D eigenvalue weighted by molar-refractivity contribution is 5.17. The molecule has 1 aliphatic rings. The predicted molar refractivity (Wildman–Crippen MR) is 60.7 cm³/mol. The SMILES string of the molecule is OC(c1ccncc1F)C1CCCCC1C(F)(F)F. The van der Waals surface area contributed by atoms with Crippen LogP contribution in [0.3, 0.4) is 0 Å². The Kier molecular flexibility index (Phi) is 4.08. The second-order valence-corrected chi connectivity index (χ2v) is 4.94. The second-order valence-electron chi connectivity index (χ2n) is 4.94. The van der Waals surface area contributed by atoms with Crippen LogP contribution in [0, 0.1) is 17.7 Å². The van der Waals surface area contributed by atoms with Crippen LogP contribution in [0.1, 0.15) is 37.4 Å². The van der Waals surface area contributed by atoms with E-state index in [0.717, 1.165) is 6.20 Å². The van der Waals surface area contributed by atoms with Gasteiger partial charge < -0.3 is 5.11 Å². The van der Waals surface area contributed by atoms with Crippen molar-refractivity contribution in [1.29, 1.82) is 0 Å². The van der Waals surface area contributed by atoms with Gasteiger partial charge in [-0.05, 0) is 18.9 Å². The first-order chi connectivity index (χ1) is 8.91. The molecule has 3 atom stereocenters. The van der Waals surface area contributed by atoms with E-state index in [4.69, 9.17) is 0 Å². The van der Waals surface area contributed by atoms with E-state index in [2.05, 4.69) is 4.98 Å². The monoisotopic (exact) mass is 277 g/mol. The van der Waals surface area contributed by atoms with Crippen molar-refractivity contribution in [3.63, 3.8) is 0 Å². The fourth-order valence-electron chi connectivity index (χ4n) is 2.80. The molecule has 0 radical (unpaired) electrons. The topological polar surface area (TPSA) is 33.1 Å². The number of aliphatic hydroxyl groups excluding tert-OH is 1. The Morgan fingerprint density at radius 1 is 1.26 bits per heavy atom. The average Bonchev–Trinajstić information content (AvgIpc) is 2.37. The molecule has 0 spiro atoms. The van der Waals surface area contributed by atoms with E-state index >= 15 is 0 Å². The molecule has 3 unspecified atom stereocenters. The summed E-state index contributed by atoms with van der Waals surface area (Å²) in [5, 5.41) is 10.1. The molecule has 1 heterocycles. The molecule has 6 heteroatoms. The molecule has 1 aliphatic carbocycles. The summed E-state index contributed by atoms with van der Waals surface area (Å²) in [6.45, 7) is 0. The van der Waals surface area contributed by atoms with Gasteiger partial charge in [0.1, 0.15) is 5.82 Å². The summed E-state index contributed by atoms with van der Waals surface area (Å²) in [5.74, 6) is -3.31. The normalized spacial score (nSPS) is 26.2. The van der Waals surface area contributed by atoms with Crippen LogP contribution in [0.5, 0.6) is 0 Å². The van der Waals surface area contributed by atoms with Crippen LogP contribution in [0.15, 0.2) is 18.5 Å². The summed E-state index contributed by atoms with van der Waals surface area (Å²) in [4.78, 5) is 3.53. The molecule has 1 aromatic rings. The number of rotatable bonds is 2. The van der Waals surface area contributed by atoms with Gasteiger partial charge in [-0.25, -0.2) is 4.39 Å². The lowest BCUT2D eigenvalue weighted by molar-refractivity contribution is -0.207. The molecule has 0 aromatic carbocycles. The van der Waals surface area contributed by atoms with Gasteiger partial charge in [0.15, 0.2) is 0 Å². The predicted octanol–water partition coefficient (Wildman–Crippen LogP) is 3.62. The lowest BCUT2D eigenvalue weighted by Gasteiger charge is -2.36. The number of pyridine rings is 1. The summed E-state index contributed by atoms with van der Waals surface area (Å²) in [6, 6.07) is 1.24. The fourth-order valence-corrected chi connectivity index (χ4v) is 2.80. The molecular formula is C13H15F4NO. The van der Waals surface area contributed by atoms with Crippen LogP contribution in [-0.2, 0) is 0 Å². The lowest BCUT2D eigenvalue weighted by Crippen LogP contribution is -2.36. The Morgan fingerprint density at radius 3 is 2.58 bits per heavy atom. The summed E-state index contributed by atoms with van der Waals surface area (Å²) in [6.07, 6.45) is -2.24. The van der Waals surface area contributed by atoms with E-state index in [9.17, 15) is 22.7 Å². The van der Waals surface area contributed by atoms with E-state index in [1.54, 1.807) is 0 Å². The molecule has 1 N–H and O–H groups in total. The molecule has 2 nitrogen and oxygen atoms in total. The Balaban J connectivity index is 2.25. The van der Waals surface area contributed by atoms with Crippen LogP contribution < -0.4 is 0 Å². The van der Waals surface area contributed by atoms with Gasteiger partial charge in [-0.3, -0.25) is 4.98 Å². The molecule has 0 amide bonds. The summed E-state index contributed by atoms with van der Waals surface area (Å²) >= 11 is 0. The third-order valence-corrected chi connectivity index (χ3v) is 3.77. The van der Waals surface area contributed by atoms with Crippen molar-refractivity contribution in [2.45, 2.75) is 38.0 Å². The lowest BCUT2D eigenvalue weighted by atomic mass is 9.74. The van der Waals surface area contributed by atoms with Gasteiger partial charge in [0.25, 0.3) is 0 Å². The fraction of sp³-hybridized carbons (Fsp3) is 0.615. The number of aliphatic hydroxyl groups is 1. The highest BCUT2D eigenvalue weighted by Gasteiger charge is 2.48. The first kappa shape index (κ1) is 14.2. The Hall–Kier alpha value is -1.17. The van der Waals surface area contributed by atoms with Crippen molar-refractivity contribution >= 4 is 0 Å². The van der Waals surface area contributed by atoms with Gasteiger partial charge in [0.05, 0.1) is 18.2 Å². The molecule has 1 fully saturated rings. The Morgan fingerprint density at radius 2 is 1.95 bits per heavy atom. The second kappa shape index (κ2) is 5.45. The number of hydrogen-bond acceptors (Lipinski definition) is 2. The highest BCUT2D eigenvalue weighted by Crippen LogP contribution is 2.46. The van der Waals surface area contributed by atoms with Crippen LogP contribution in [-0.4, -0.2) is 16.3 Å². The minimum absolute atomic E-state index is 0.00205. The molecule has 2 rings (SSSR count). The van der Waals surface area contributed by atoms with Crippen molar-refractivity contribution in [3.05, 3.63) is 29.8 Å². The molecule has 106 valence electrons. The molecule has 1 saturated carbocycles. The maximum Gasteiger partial charge on any atom is 0.392 e. The molecule has 19 heavy (non-hydrogen) atoms. The number of alkyl halides is 3. The van der Waals surface area contributed by atoms with Gasteiger partial charge in [0.2, 0.25) is 0 Å². The van der Waals surface area contributed by atoms with Crippen molar-refractivity contribution in [3.8, 4) is 0 Å². The quantitative estimate of drug-likeness (QED) is 0.837. The van der Waals surface area contributed by atoms with Crippen LogP contribution >= 0.6 is 0 Å². The zero-order chi connectivity index (χ0) is 14.0. The summed E-state index contributed by atoms with van der Waals surface area (Å²) in [7, 11) is 0. The van der Waals surface area contributed by atoms with Crippen molar-refractivity contribution in [2.75, 3.05) is 0 Å². The van der Waals surface area contributed by atoms with Gasteiger partial charge in [-0.1, -0.05) is 12.8 Å².